The van der Waals surface area contributed by atoms with E-state index in [1.807, 2.05) is 6.92 Å². The number of esters is 1. The van der Waals surface area contributed by atoms with Crippen molar-refractivity contribution in [3.8, 4) is 11.5 Å². The van der Waals surface area contributed by atoms with Crippen LogP contribution in [-0.4, -0.2) is 40.9 Å². The van der Waals surface area contributed by atoms with Crippen molar-refractivity contribution >= 4 is 13.6 Å². The molecule has 9 heteroatoms. The van der Waals surface area contributed by atoms with Crippen LogP contribution >= 0.6 is 7.60 Å². The van der Waals surface area contributed by atoms with E-state index in [1.54, 1.807) is 13.0 Å². The van der Waals surface area contributed by atoms with Gasteiger partial charge in [-0.3, -0.25) is 4.57 Å². The van der Waals surface area contributed by atoms with E-state index in [9.17, 15) is 14.5 Å². The first-order valence-corrected chi connectivity index (χ1v) is 9.87. The third-order valence-electron chi connectivity index (χ3n) is 4.24. The Bertz CT molecular complexity index is 778. The first-order valence-electron chi connectivity index (χ1n) is 8.08. The second-order valence-electron chi connectivity index (χ2n) is 5.98. The van der Waals surface area contributed by atoms with Gasteiger partial charge in [-0.15, -0.1) is 0 Å². The van der Waals surface area contributed by atoms with Gasteiger partial charge in [0.05, 0.1) is 13.7 Å². The van der Waals surface area contributed by atoms with Crippen molar-refractivity contribution in [1.29, 1.82) is 0 Å². The van der Waals surface area contributed by atoms with Gasteiger partial charge in [0.15, 0.2) is 0 Å². The number of benzene rings is 1. The van der Waals surface area contributed by atoms with Crippen molar-refractivity contribution in [2.24, 2.45) is 0 Å². The van der Waals surface area contributed by atoms with E-state index in [0.717, 1.165) is 11.1 Å². The van der Waals surface area contributed by atoms with E-state index in [4.69, 9.17) is 24.0 Å². The number of aromatic hydroxyl groups is 1. The molecule has 0 aliphatic carbocycles. The fourth-order valence-electron chi connectivity index (χ4n) is 2.88. The van der Waals surface area contributed by atoms with E-state index in [1.165, 1.54) is 7.11 Å². The highest BCUT2D eigenvalue weighted by Crippen LogP contribution is 2.42. The van der Waals surface area contributed by atoms with Gasteiger partial charge in [-0.1, -0.05) is 13.0 Å². The van der Waals surface area contributed by atoms with Crippen LogP contribution in [0.4, 0.5) is 0 Å². The molecule has 26 heavy (non-hydrogen) atoms. The molecule has 0 saturated heterocycles. The van der Waals surface area contributed by atoms with Gasteiger partial charge in [0.25, 0.3) is 0 Å². The molecule has 0 bridgehead atoms. The second kappa shape index (κ2) is 8.22. The lowest BCUT2D eigenvalue weighted by atomic mass is 9.95. The van der Waals surface area contributed by atoms with E-state index >= 15 is 0 Å². The molecule has 0 fully saturated rings. The molecule has 1 aliphatic heterocycles. The minimum absolute atomic E-state index is 0.0661. The van der Waals surface area contributed by atoms with Gasteiger partial charge in [-0.05, 0) is 30.9 Å². The Morgan fingerprint density at radius 2 is 2.08 bits per heavy atom. The molecular weight excluding hydrogens is 363 g/mol. The number of hydrogen-bond acceptors (Lipinski definition) is 6. The lowest BCUT2D eigenvalue weighted by Gasteiger charge is -2.16. The molecule has 8 nitrogen and oxygen atoms in total. The highest BCUT2D eigenvalue weighted by atomic mass is 31.2. The molecule has 3 N–H and O–H groups in total. The molecule has 1 aromatic carbocycles. The van der Waals surface area contributed by atoms with Crippen LogP contribution in [0.25, 0.3) is 0 Å². The quantitative estimate of drug-likeness (QED) is 0.354. The second-order valence-corrected chi connectivity index (χ2v) is 7.56. The van der Waals surface area contributed by atoms with Crippen molar-refractivity contribution in [2.75, 3.05) is 20.1 Å². The molecule has 0 unspecified atom stereocenters. The Hall–Kier alpha value is -1.86. The maximum atomic E-state index is 11.9. The van der Waals surface area contributed by atoms with Gasteiger partial charge in [-0.2, -0.15) is 0 Å². The van der Waals surface area contributed by atoms with Gasteiger partial charge in [0.2, 0.25) is 0 Å². The zero-order chi connectivity index (χ0) is 19.5. The van der Waals surface area contributed by atoms with Crippen LogP contribution in [-0.2, 0) is 27.1 Å². The summed E-state index contributed by atoms with van der Waals surface area (Å²) in [6, 6.07) is 0. The summed E-state index contributed by atoms with van der Waals surface area (Å²) < 4.78 is 26.3. The number of fused-ring (bicyclic) bond motifs is 1. The predicted molar refractivity (Wildman–Crippen MR) is 93.5 cm³/mol. The molecule has 0 saturated carbocycles. The number of phenolic OH excluding ortho intramolecular Hbond substituents is 1. The molecule has 0 amide bonds. The molecule has 1 heterocycles. The van der Waals surface area contributed by atoms with Crippen molar-refractivity contribution in [3.63, 3.8) is 0 Å². The minimum atomic E-state index is -4.21. The third-order valence-corrected chi connectivity index (χ3v) is 4.76. The summed E-state index contributed by atoms with van der Waals surface area (Å²) in [5, 5.41) is 10.5. The minimum Gasteiger partial charge on any atom is -0.507 e. The first kappa shape index (κ1) is 20.5. The van der Waals surface area contributed by atoms with E-state index in [0.29, 0.717) is 23.3 Å². The van der Waals surface area contributed by atoms with Crippen LogP contribution in [0.15, 0.2) is 11.6 Å². The van der Waals surface area contributed by atoms with Crippen LogP contribution in [0, 0.1) is 6.92 Å². The Morgan fingerprint density at radius 3 is 2.65 bits per heavy atom. The Kier molecular flexibility index (Phi) is 6.47. The number of phenols is 1. The summed E-state index contributed by atoms with van der Waals surface area (Å²) in [6.07, 6.45) is 2.03. The average Bonchev–Trinajstić information content (AvgIpc) is 2.96. The summed E-state index contributed by atoms with van der Waals surface area (Å²) >= 11 is 0. The number of cyclic esters (lactones) is 1. The largest absolute Gasteiger partial charge is 0.507 e. The van der Waals surface area contributed by atoms with E-state index in [2.05, 4.69) is 0 Å². The monoisotopic (exact) mass is 386 g/mol. The number of carbonyl (C=O) groups excluding carboxylic acids is 1. The van der Waals surface area contributed by atoms with Crippen LogP contribution in [0.3, 0.4) is 0 Å². The molecule has 144 valence electrons. The molecule has 2 rings (SSSR count). The van der Waals surface area contributed by atoms with E-state index < -0.39 is 19.9 Å². The average molecular weight is 386 g/mol. The Morgan fingerprint density at radius 1 is 1.38 bits per heavy atom. The Labute approximate surface area is 151 Å². The molecule has 0 radical (unpaired) electrons. The predicted octanol–water partition coefficient (Wildman–Crippen LogP) is 2.41. The van der Waals surface area contributed by atoms with Crippen molar-refractivity contribution in [2.45, 2.75) is 33.3 Å². The fraction of sp³-hybridized carbons (Fsp3) is 0.471. The highest BCUT2D eigenvalue weighted by Gasteiger charge is 2.31. The number of allylic oxidation sites excluding steroid dienone is 1. The number of ether oxygens (including phenoxy) is 3. The topological polar surface area (TPSA) is 123 Å². The highest BCUT2D eigenvalue weighted by molar-refractivity contribution is 7.51. The summed E-state index contributed by atoms with van der Waals surface area (Å²) in [5.74, 6) is -0.232. The number of rotatable bonds is 8. The number of hydrogen-bond donors (Lipinski definition) is 3. The van der Waals surface area contributed by atoms with Crippen LogP contribution in [0.1, 0.15) is 40.4 Å². The van der Waals surface area contributed by atoms with E-state index in [-0.39, 0.29) is 30.9 Å². The van der Waals surface area contributed by atoms with Crippen LogP contribution < -0.4 is 4.74 Å². The van der Waals surface area contributed by atoms with Gasteiger partial charge >= 0.3 is 13.6 Å². The summed E-state index contributed by atoms with van der Waals surface area (Å²) in [4.78, 5) is 29.6. The number of methoxy groups -OCH3 is 1. The third kappa shape index (κ3) is 4.45. The summed E-state index contributed by atoms with van der Waals surface area (Å²) in [5.41, 5.74) is 2.80. The fourth-order valence-corrected chi connectivity index (χ4v) is 3.20. The summed E-state index contributed by atoms with van der Waals surface area (Å²) in [6.45, 7) is 3.86. The Balaban J connectivity index is 2.28. The molecular formula is C17H23O8P. The summed E-state index contributed by atoms with van der Waals surface area (Å²) in [7, 11) is -2.72. The van der Waals surface area contributed by atoms with Gasteiger partial charge in [0.1, 0.15) is 30.0 Å². The maximum Gasteiger partial charge on any atom is 0.350 e. The van der Waals surface area contributed by atoms with Gasteiger partial charge in [-0.25, -0.2) is 4.79 Å². The van der Waals surface area contributed by atoms with Gasteiger partial charge < -0.3 is 29.1 Å². The number of carbonyl (C=O) groups is 1. The molecule has 0 spiro atoms. The molecule has 0 atom stereocenters. The lowest BCUT2D eigenvalue weighted by molar-refractivity contribution is 0.0533. The zero-order valence-electron chi connectivity index (χ0n) is 14.9. The SMILES string of the molecule is CC/C(=C\Cc1c(O)c2c(c(C)c1OC)COC2=O)COCP(=O)(O)O. The lowest BCUT2D eigenvalue weighted by Crippen LogP contribution is -2.04. The zero-order valence-corrected chi connectivity index (χ0v) is 15.8. The van der Waals surface area contributed by atoms with Crippen molar-refractivity contribution < 1.29 is 38.5 Å². The molecule has 1 aliphatic rings. The van der Waals surface area contributed by atoms with Crippen molar-refractivity contribution in [3.05, 3.63) is 33.9 Å². The maximum absolute atomic E-state index is 11.9. The smallest absolute Gasteiger partial charge is 0.350 e. The first-order chi connectivity index (χ1) is 12.2. The van der Waals surface area contributed by atoms with Crippen LogP contribution in [0.2, 0.25) is 0 Å². The van der Waals surface area contributed by atoms with Crippen molar-refractivity contribution in [1.82, 2.24) is 0 Å². The van der Waals surface area contributed by atoms with Crippen LogP contribution in [0.5, 0.6) is 11.5 Å². The standard InChI is InChI=1S/C17H23O8P/c1-4-11(7-24-9-26(20,21)22)5-6-12-15(18)14-13(8-25-17(14)19)10(2)16(12)23-3/h5,18H,4,6-9H2,1-3H3,(H2,20,21,22)/b11-5+. The normalized spacial score (nSPS) is 14.3. The van der Waals surface area contributed by atoms with Gasteiger partial charge in [0, 0.05) is 11.1 Å². The molecule has 0 aromatic heterocycles. The molecule has 1 aromatic rings.